The zero-order valence-corrected chi connectivity index (χ0v) is 10.7. The molecule has 3 nitrogen and oxygen atoms in total. The van der Waals surface area contributed by atoms with Gasteiger partial charge in [-0.3, -0.25) is 4.79 Å². The van der Waals surface area contributed by atoms with E-state index in [2.05, 4.69) is 12.2 Å². The topological polar surface area (TPSA) is 55.1 Å². The van der Waals surface area contributed by atoms with Crippen molar-refractivity contribution in [1.29, 1.82) is 0 Å². The van der Waals surface area contributed by atoms with Crippen LogP contribution in [0, 0.1) is 0 Å². The highest BCUT2D eigenvalue weighted by Crippen LogP contribution is 2.17. The van der Waals surface area contributed by atoms with E-state index >= 15 is 0 Å². The van der Waals surface area contributed by atoms with Gasteiger partial charge in [0.15, 0.2) is 0 Å². The van der Waals surface area contributed by atoms with Gasteiger partial charge in [0.1, 0.15) is 0 Å². The molecule has 1 aromatic rings. The fourth-order valence-corrected chi connectivity index (χ4v) is 1.80. The minimum absolute atomic E-state index is 0.0876. The first-order chi connectivity index (χ1) is 8.19. The Morgan fingerprint density at radius 1 is 1.29 bits per heavy atom. The van der Waals surface area contributed by atoms with Crippen molar-refractivity contribution in [3.8, 4) is 0 Å². The number of amides is 1. The van der Waals surface area contributed by atoms with Crippen LogP contribution in [0.4, 0.5) is 5.69 Å². The van der Waals surface area contributed by atoms with Crippen LogP contribution in [0.1, 0.15) is 38.7 Å². The minimum atomic E-state index is -0.408. The number of para-hydroxylation sites is 1. The molecule has 0 aliphatic heterocycles. The Hall–Kier alpha value is -1.35. The second-order valence-corrected chi connectivity index (χ2v) is 4.29. The molecule has 0 radical (unpaired) electrons. The minimum Gasteiger partial charge on any atom is -0.324 e. The molecular weight excluding hydrogens is 212 g/mol. The zero-order valence-electron chi connectivity index (χ0n) is 10.7. The lowest BCUT2D eigenvalue weighted by atomic mass is 10.1. The molecule has 94 valence electrons. The summed E-state index contributed by atoms with van der Waals surface area (Å²) >= 11 is 0. The number of carbonyl (C=O) groups is 1. The Morgan fingerprint density at radius 2 is 2.00 bits per heavy atom. The molecule has 1 amide bonds. The molecule has 1 aromatic carbocycles. The van der Waals surface area contributed by atoms with E-state index in [9.17, 15) is 4.79 Å². The van der Waals surface area contributed by atoms with Gasteiger partial charge >= 0.3 is 0 Å². The van der Waals surface area contributed by atoms with Crippen molar-refractivity contribution in [2.75, 3.05) is 5.32 Å². The number of aryl methyl sites for hydroxylation is 1. The van der Waals surface area contributed by atoms with Crippen LogP contribution in [0.5, 0.6) is 0 Å². The van der Waals surface area contributed by atoms with Crippen molar-refractivity contribution < 1.29 is 4.79 Å². The van der Waals surface area contributed by atoms with Gasteiger partial charge in [0.25, 0.3) is 0 Å². The summed E-state index contributed by atoms with van der Waals surface area (Å²) < 4.78 is 0. The van der Waals surface area contributed by atoms with Crippen molar-refractivity contribution in [2.45, 2.75) is 45.6 Å². The molecule has 17 heavy (non-hydrogen) atoms. The molecule has 1 atom stereocenters. The molecule has 0 spiro atoms. The maximum Gasteiger partial charge on any atom is 0.241 e. The van der Waals surface area contributed by atoms with Gasteiger partial charge in [-0.25, -0.2) is 0 Å². The van der Waals surface area contributed by atoms with Crippen LogP contribution in [0.15, 0.2) is 24.3 Å². The standard InChI is InChI=1S/C14H22N2O/c1-3-7-11-9-5-6-10-13(11)16-14(17)12(15)8-4-2/h5-6,9-10,12H,3-4,7-8,15H2,1-2H3,(H,16,17)/t12-/m1/s1. The molecule has 0 saturated heterocycles. The van der Waals surface area contributed by atoms with Crippen LogP contribution in [0.25, 0.3) is 0 Å². The van der Waals surface area contributed by atoms with Crippen molar-refractivity contribution >= 4 is 11.6 Å². The van der Waals surface area contributed by atoms with Crippen molar-refractivity contribution in [2.24, 2.45) is 5.73 Å². The number of rotatable bonds is 6. The molecule has 0 aliphatic carbocycles. The van der Waals surface area contributed by atoms with E-state index < -0.39 is 6.04 Å². The first kappa shape index (κ1) is 13.7. The molecule has 0 fully saturated rings. The summed E-state index contributed by atoms with van der Waals surface area (Å²) in [6.07, 6.45) is 3.68. The third-order valence-electron chi connectivity index (χ3n) is 2.73. The smallest absolute Gasteiger partial charge is 0.241 e. The highest BCUT2D eigenvalue weighted by Gasteiger charge is 2.13. The van der Waals surface area contributed by atoms with E-state index in [4.69, 9.17) is 5.73 Å². The monoisotopic (exact) mass is 234 g/mol. The Bertz CT molecular complexity index is 363. The maximum atomic E-state index is 11.8. The predicted octanol–water partition coefficient (Wildman–Crippen LogP) is 2.71. The summed E-state index contributed by atoms with van der Waals surface area (Å²) in [5.41, 5.74) is 7.86. The summed E-state index contributed by atoms with van der Waals surface area (Å²) in [6, 6.07) is 7.49. The van der Waals surface area contributed by atoms with Crippen LogP contribution in [0.2, 0.25) is 0 Å². The largest absolute Gasteiger partial charge is 0.324 e. The summed E-state index contributed by atoms with van der Waals surface area (Å²) in [4.78, 5) is 11.8. The molecule has 0 aromatic heterocycles. The summed E-state index contributed by atoms with van der Waals surface area (Å²) in [6.45, 7) is 4.15. The molecule has 0 aliphatic rings. The normalized spacial score (nSPS) is 12.2. The second-order valence-electron chi connectivity index (χ2n) is 4.29. The van der Waals surface area contributed by atoms with E-state index in [1.807, 2.05) is 31.2 Å². The van der Waals surface area contributed by atoms with E-state index in [1.165, 1.54) is 5.56 Å². The molecule has 0 unspecified atom stereocenters. The summed E-state index contributed by atoms with van der Waals surface area (Å²) in [5.74, 6) is -0.0876. The number of nitrogens with two attached hydrogens (primary N) is 1. The van der Waals surface area contributed by atoms with Gasteiger partial charge in [-0.15, -0.1) is 0 Å². The van der Waals surface area contributed by atoms with Crippen molar-refractivity contribution in [1.82, 2.24) is 0 Å². The van der Waals surface area contributed by atoms with Crippen LogP contribution in [0.3, 0.4) is 0 Å². The quantitative estimate of drug-likeness (QED) is 0.795. The van der Waals surface area contributed by atoms with Crippen molar-refractivity contribution in [3.05, 3.63) is 29.8 Å². The highest BCUT2D eigenvalue weighted by atomic mass is 16.2. The van der Waals surface area contributed by atoms with Gasteiger partial charge in [0, 0.05) is 5.69 Å². The number of carbonyl (C=O) groups excluding carboxylic acids is 1. The molecular formula is C14H22N2O. The number of hydrogen-bond donors (Lipinski definition) is 2. The number of anilines is 1. The van der Waals surface area contributed by atoms with Crippen LogP contribution < -0.4 is 11.1 Å². The Labute approximate surface area is 103 Å². The SMILES string of the molecule is CCCc1ccccc1NC(=O)[C@H](N)CCC. The average molecular weight is 234 g/mol. The number of nitrogens with one attached hydrogen (secondary N) is 1. The fraction of sp³-hybridized carbons (Fsp3) is 0.500. The number of benzene rings is 1. The second kappa shape index (κ2) is 7.07. The molecule has 3 heteroatoms. The van der Waals surface area contributed by atoms with E-state index in [0.717, 1.165) is 31.4 Å². The summed E-state index contributed by atoms with van der Waals surface area (Å²) in [5, 5.41) is 2.92. The van der Waals surface area contributed by atoms with Crippen molar-refractivity contribution in [3.63, 3.8) is 0 Å². The van der Waals surface area contributed by atoms with Gasteiger partial charge in [0.2, 0.25) is 5.91 Å². The molecule has 0 heterocycles. The zero-order chi connectivity index (χ0) is 12.7. The van der Waals surface area contributed by atoms with Crippen LogP contribution in [-0.4, -0.2) is 11.9 Å². The van der Waals surface area contributed by atoms with Gasteiger partial charge in [-0.2, -0.15) is 0 Å². The lowest BCUT2D eigenvalue weighted by molar-refractivity contribution is -0.117. The van der Waals surface area contributed by atoms with Crippen LogP contribution >= 0.6 is 0 Å². The molecule has 0 bridgehead atoms. The van der Waals surface area contributed by atoms with Gasteiger partial charge in [-0.05, 0) is 24.5 Å². The Morgan fingerprint density at radius 3 is 2.65 bits per heavy atom. The first-order valence-electron chi connectivity index (χ1n) is 6.33. The lowest BCUT2D eigenvalue weighted by Gasteiger charge is -2.14. The molecule has 1 rings (SSSR count). The first-order valence-corrected chi connectivity index (χ1v) is 6.33. The Kier molecular flexibility index (Phi) is 5.70. The van der Waals surface area contributed by atoms with E-state index in [0.29, 0.717) is 0 Å². The third-order valence-corrected chi connectivity index (χ3v) is 2.73. The Balaban J connectivity index is 2.70. The maximum absolute atomic E-state index is 11.8. The summed E-state index contributed by atoms with van der Waals surface area (Å²) in [7, 11) is 0. The molecule has 0 saturated carbocycles. The van der Waals surface area contributed by atoms with Gasteiger partial charge in [-0.1, -0.05) is 44.9 Å². The van der Waals surface area contributed by atoms with Gasteiger partial charge in [0.05, 0.1) is 6.04 Å². The third kappa shape index (κ3) is 4.19. The molecule has 3 N–H and O–H groups in total. The van der Waals surface area contributed by atoms with E-state index in [-0.39, 0.29) is 5.91 Å². The van der Waals surface area contributed by atoms with Gasteiger partial charge < -0.3 is 11.1 Å². The van der Waals surface area contributed by atoms with E-state index in [1.54, 1.807) is 0 Å². The number of hydrogen-bond acceptors (Lipinski definition) is 2. The predicted molar refractivity (Wildman–Crippen MR) is 72.0 cm³/mol. The average Bonchev–Trinajstić information content (AvgIpc) is 2.32. The lowest BCUT2D eigenvalue weighted by Crippen LogP contribution is -2.35. The highest BCUT2D eigenvalue weighted by molar-refractivity contribution is 5.95. The van der Waals surface area contributed by atoms with Crippen LogP contribution in [-0.2, 0) is 11.2 Å². The fourth-order valence-electron chi connectivity index (χ4n) is 1.80.